The maximum Gasteiger partial charge on any atom is 0.135 e. The van der Waals surface area contributed by atoms with Crippen LogP contribution in [0.3, 0.4) is 0 Å². The predicted molar refractivity (Wildman–Crippen MR) is 49.7 cm³/mol. The molecule has 1 rings (SSSR count). The fourth-order valence-electron chi connectivity index (χ4n) is 1.18. The Hall–Kier alpha value is -0.410. The second-order valence-electron chi connectivity index (χ2n) is 3.54. The van der Waals surface area contributed by atoms with Gasteiger partial charge < -0.3 is 9.47 Å². The van der Waals surface area contributed by atoms with E-state index in [1.165, 1.54) is 12.8 Å². The van der Waals surface area contributed by atoms with Crippen LogP contribution in [0.4, 0.5) is 0 Å². The maximum atomic E-state index is 11.2. The molecule has 0 aliphatic heterocycles. The Kier molecular flexibility index (Phi) is 5.01. The third kappa shape index (κ3) is 5.77. The quantitative estimate of drug-likeness (QED) is 0.538. The van der Waals surface area contributed by atoms with Crippen molar-refractivity contribution in [2.24, 2.45) is 5.92 Å². The summed E-state index contributed by atoms with van der Waals surface area (Å²) in [7, 11) is 1.64. The van der Waals surface area contributed by atoms with Gasteiger partial charge >= 0.3 is 0 Å². The SMILES string of the molecule is COCCOCCC(=O)CC1CC1. The molecule has 3 heteroatoms. The summed E-state index contributed by atoms with van der Waals surface area (Å²) in [6.07, 6.45) is 3.83. The molecule has 0 N–H and O–H groups in total. The number of methoxy groups -OCH3 is 1. The second-order valence-corrected chi connectivity index (χ2v) is 3.54. The summed E-state index contributed by atoms with van der Waals surface area (Å²) in [4.78, 5) is 11.2. The molecule has 0 bridgehead atoms. The van der Waals surface area contributed by atoms with E-state index in [0.29, 0.717) is 37.9 Å². The maximum absolute atomic E-state index is 11.2. The van der Waals surface area contributed by atoms with E-state index in [0.717, 1.165) is 6.42 Å². The van der Waals surface area contributed by atoms with Crippen molar-refractivity contribution in [2.45, 2.75) is 25.7 Å². The van der Waals surface area contributed by atoms with Crippen LogP contribution in [0.15, 0.2) is 0 Å². The lowest BCUT2D eigenvalue weighted by Gasteiger charge is -2.02. The number of Topliss-reactive ketones (excluding diaryl/α,β-unsaturated/α-hetero) is 1. The fourth-order valence-corrected chi connectivity index (χ4v) is 1.18. The average Bonchev–Trinajstić information content (AvgIpc) is 2.88. The van der Waals surface area contributed by atoms with Crippen LogP contribution in [0.1, 0.15) is 25.7 Å². The van der Waals surface area contributed by atoms with Gasteiger partial charge in [-0.2, -0.15) is 0 Å². The Labute approximate surface area is 79.4 Å². The smallest absolute Gasteiger partial charge is 0.135 e. The van der Waals surface area contributed by atoms with E-state index >= 15 is 0 Å². The Morgan fingerprint density at radius 2 is 2.08 bits per heavy atom. The molecule has 0 radical (unpaired) electrons. The molecule has 1 fully saturated rings. The lowest BCUT2D eigenvalue weighted by molar-refractivity contribution is -0.120. The minimum absolute atomic E-state index is 0.347. The third-order valence-corrected chi connectivity index (χ3v) is 2.17. The molecule has 0 amide bonds. The van der Waals surface area contributed by atoms with E-state index < -0.39 is 0 Å². The zero-order valence-electron chi connectivity index (χ0n) is 8.25. The number of carbonyl (C=O) groups is 1. The van der Waals surface area contributed by atoms with Gasteiger partial charge in [0.05, 0.1) is 19.8 Å². The highest BCUT2D eigenvalue weighted by Crippen LogP contribution is 2.32. The highest BCUT2D eigenvalue weighted by molar-refractivity contribution is 5.78. The molecule has 13 heavy (non-hydrogen) atoms. The minimum atomic E-state index is 0.347. The first kappa shape index (κ1) is 10.7. The molecule has 0 aromatic rings. The third-order valence-electron chi connectivity index (χ3n) is 2.17. The predicted octanol–water partition coefficient (Wildman–Crippen LogP) is 1.41. The lowest BCUT2D eigenvalue weighted by Crippen LogP contribution is -2.08. The normalized spacial score (nSPS) is 16.1. The van der Waals surface area contributed by atoms with Crippen molar-refractivity contribution >= 4 is 5.78 Å². The summed E-state index contributed by atoms with van der Waals surface area (Å²) < 4.78 is 10.0. The van der Waals surface area contributed by atoms with Crippen LogP contribution in [0.2, 0.25) is 0 Å². The van der Waals surface area contributed by atoms with E-state index in [9.17, 15) is 4.79 Å². The molecule has 0 unspecified atom stereocenters. The Bertz CT molecular complexity index is 152. The van der Waals surface area contributed by atoms with Crippen LogP contribution >= 0.6 is 0 Å². The zero-order chi connectivity index (χ0) is 9.52. The van der Waals surface area contributed by atoms with Crippen molar-refractivity contribution in [1.29, 1.82) is 0 Å². The van der Waals surface area contributed by atoms with Crippen LogP contribution in [0.25, 0.3) is 0 Å². The summed E-state index contributed by atoms with van der Waals surface area (Å²) in [6.45, 7) is 1.75. The van der Waals surface area contributed by atoms with Gasteiger partial charge in [0, 0.05) is 20.0 Å². The molecule has 0 aromatic heterocycles. The lowest BCUT2D eigenvalue weighted by atomic mass is 10.1. The van der Waals surface area contributed by atoms with Crippen LogP contribution in [0, 0.1) is 5.92 Å². The van der Waals surface area contributed by atoms with Gasteiger partial charge in [-0.25, -0.2) is 0 Å². The number of ketones is 1. The first-order valence-corrected chi connectivity index (χ1v) is 4.91. The number of rotatable bonds is 8. The molecule has 76 valence electrons. The summed E-state index contributed by atoms with van der Waals surface area (Å²) in [5.41, 5.74) is 0. The van der Waals surface area contributed by atoms with Crippen LogP contribution in [-0.2, 0) is 14.3 Å². The Morgan fingerprint density at radius 1 is 1.31 bits per heavy atom. The van der Waals surface area contributed by atoms with E-state index in [1.807, 2.05) is 0 Å². The highest BCUT2D eigenvalue weighted by Gasteiger charge is 2.23. The van der Waals surface area contributed by atoms with Gasteiger partial charge in [-0.15, -0.1) is 0 Å². The molecule has 0 aromatic carbocycles. The highest BCUT2D eigenvalue weighted by atomic mass is 16.5. The second kappa shape index (κ2) is 6.11. The monoisotopic (exact) mass is 186 g/mol. The van der Waals surface area contributed by atoms with Gasteiger partial charge in [0.15, 0.2) is 0 Å². The topological polar surface area (TPSA) is 35.5 Å². The number of carbonyl (C=O) groups excluding carboxylic acids is 1. The first-order valence-electron chi connectivity index (χ1n) is 4.91. The van der Waals surface area contributed by atoms with Crippen LogP contribution in [0.5, 0.6) is 0 Å². The molecule has 0 saturated heterocycles. The van der Waals surface area contributed by atoms with Crippen molar-refractivity contribution in [1.82, 2.24) is 0 Å². The van der Waals surface area contributed by atoms with E-state index in [1.54, 1.807) is 7.11 Å². The summed E-state index contributed by atoms with van der Waals surface area (Å²) in [5, 5.41) is 0. The zero-order valence-corrected chi connectivity index (χ0v) is 8.25. The molecule has 0 atom stereocenters. The van der Waals surface area contributed by atoms with Gasteiger partial charge in [-0.05, 0) is 18.8 Å². The Morgan fingerprint density at radius 3 is 2.69 bits per heavy atom. The number of ether oxygens (including phenoxy) is 2. The van der Waals surface area contributed by atoms with E-state index in [2.05, 4.69) is 0 Å². The average molecular weight is 186 g/mol. The summed E-state index contributed by atoms with van der Waals surface area (Å²) in [6, 6.07) is 0. The van der Waals surface area contributed by atoms with Gasteiger partial charge in [0.25, 0.3) is 0 Å². The molecule has 1 aliphatic rings. The molecule has 3 nitrogen and oxygen atoms in total. The van der Waals surface area contributed by atoms with Crippen molar-refractivity contribution in [3.05, 3.63) is 0 Å². The van der Waals surface area contributed by atoms with E-state index in [4.69, 9.17) is 9.47 Å². The summed E-state index contributed by atoms with van der Waals surface area (Å²) in [5.74, 6) is 1.05. The number of hydrogen-bond acceptors (Lipinski definition) is 3. The molecular formula is C10H18O3. The fraction of sp³-hybridized carbons (Fsp3) is 0.900. The van der Waals surface area contributed by atoms with Crippen molar-refractivity contribution in [3.8, 4) is 0 Å². The van der Waals surface area contributed by atoms with Gasteiger partial charge in [-0.3, -0.25) is 4.79 Å². The van der Waals surface area contributed by atoms with Gasteiger partial charge in [0.1, 0.15) is 5.78 Å². The van der Waals surface area contributed by atoms with Crippen molar-refractivity contribution < 1.29 is 14.3 Å². The van der Waals surface area contributed by atoms with Crippen LogP contribution < -0.4 is 0 Å². The van der Waals surface area contributed by atoms with Gasteiger partial charge in [0.2, 0.25) is 0 Å². The molecule has 1 saturated carbocycles. The standard InChI is InChI=1S/C10H18O3/c1-12-6-7-13-5-4-10(11)8-9-2-3-9/h9H,2-8H2,1H3. The van der Waals surface area contributed by atoms with Gasteiger partial charge in [-0.1, -0.05) is 0 Å². The van der Waals surface area contributed by atoms with Crippen LogP contribution in [-0.4, -0.2) is 32.7 Å². The molecule has 1 aliphatic carbocycles. The number of hydrogen-bond donors (Lipinski definition) is 0. The molecule has 0 spiro atoms. The van der Waals surface area contributed by atoms with Crippen molar-refractivity contribution in [3.63, 3.8) is 0 Å². The van der Waals surface area contributed by atoms with E-state index in [-0.39, 0.29) is 0 Å². The Balaban J connectivity index is 1.83. The molecular weight excluding hydrogens is 168 g/mol. The first-order chi connectivity index (χ1) is 6.33. The minimum Gasteiger partial charge on any atom is -0.382 e. The van der Waals surface area contributed by atoms with Crippen molar-refractivity contribution in [2.75, 3.05) is 26.9 Å². The summed E-state index contributed by atoms with van der Waals surface area (Å²) >= 11 is 0. The molecule has 0 heterocycles. The largest absolute Gasteiger partial charge is 0.382 e.